The lowest BCUT2D eigenvalue weighted by Crippen LogP contribution is -2.17. The molecule has 0 radical (unpaired) electrons. The fourth-order valence-corrected chi connectivity index (χ4v) is 5.15. The Labute approximate surface area is 130 Å². The zero-order chi connectivity index (χ0) is 12.4. The van der Waals surface area contributed by atoms with Gasteiger partial charge in [0, 0.05) is 4.47 Å². The number of nitrogens with one attached hydrogen (secondary N) is 1. The molecule has 1 aromatic heterocycles. The third-order valence-corrected chi connectivity index (χ3v) is 5.61. The molecular formula is C12H10Br3NS. The molecule has 1 unspecified atom stereocenters. The van der Waals surface area contributed by atoms with Gasteiger partial charge in [-0.1, -0.05) is 34.1 Å². The van der Waals surface area contributed by atoms with E-state index in [9.17, 15) is 0 Å². The number of hydrogen-bond acceptors (Lipinski definition) is 2. The van der Waals surface area contributed by atoms with E-state index in [0.29, 0.717) is 0 Å². The number of thiophene rings is 1. The van der Waals surface area contributed by atoms with E-state index in [1.807, 2.05) is 13.1 Å². The highest BCUT2D eigenvalue weighted by atomic mass is 79.9. The molecule has 1 aromatic carbocycles. The molecule has 1 N–H and O–H groups in total. The van der Waals surface area contributed by atoms with Gasteiger partial charge >= 0.3 is 0 Å². The maximum Gasteiger partial charge on any atom is 0.0761 e. The standard InChI is InChI=1S/C12H10Br3NS/c1-16-11(7-4-2-3-5-9(7)13)8-6-10(14)17-12(8)15/h2-6,11,16H,1H3. The minimum Gasteiger partial charge on any atom is -0.309 e. The molecule has 1 atom stereocenters. The van der Waals surface area contributed by atoms with Crippen LogP contribution in [-0.2, 0) is 0 Å². The Morgan fingerprint density at radius 3 is 2.35 bits per heavy atom. The van der Waals surface area contributed by atoms with Gasteiger partial charge in [-0.15, -0.1) is 11.3 Å². The summed E-state index contributed by atoms with van der Waals surface area (Å²) in [7, 11) is 1.97. The van der Waals surface area contributed by atoms with Gasteiger partial charge < -0.3 is 5.32 Å². The molecule has 0 fully saturated rings. The van der Waals surface area contributed by atoms with Gasteiger partial charge in [0.1, 0.15) is 0 Å². The van der Waals surface area contributed by atoms with E-state index in [0.717, 1.165) is 12.0 Å². The first-order valence-electron chi connectivity index (χ1n) is 5.00. The lowest BCUT2D eigenvalue weighted by molar-refractivity contribution is 0.689. The number of halogens is 3. The van der Waals surface area contributed by atoms with Crippen molar-refractivity contribution in [1.82, 2.24) is 5.32 Å². The molecule has 0 amide bonds. The van der Waals surface area contributed by atoms with E-state index in [4.69, 9.17) is 0 Å². The van der Waals surface area contributed by atoms with Crippen LogP contribution in [0.25, 0.3) is 0 Å². The van der Waals surface area contributed by atoms with Crippen molar-refractivity contribution in [2.24, 2.45) is 0 Å². The van der Waals surface area contributed by atoms with Crippen molar-refractivity contribution in [2.45, 2.75) is 6.04 Å². The lowest BCUT2D eigenvalue weighted by atomic mass is 10.0. The average molecular weight is 440 g/mol. The molecule has 2 rings (SSSR count). The first kappa shape index (κ1) is 13.7. The van der Waals surface area contributed by atoms with Gasteiger partial charge in [0.25, 0.3) is 0 Å². The first-order valence-corrected chi connectivity index (χ1v) is 8.19. The molecule has 0 saturated carbocycles. The van der Waals surface area contributed by atoms with Crippen molar-refractivity contribution in [3.8, 4) is 0 Å². The van der Waals surface area contributed by atoms with Crippen molar-refractivity contribution >= 4 is 59.1 Å². The molecule has 2 aromatic rings. The second kappa shape index (κ2) is 5.97. The van der Waals surface area contributed by atoms with E-state index in [1.165, 1.54) is 11.1 Å². The van der Waals surface area contributed by atoms with Crippen LogP contribution in [0.1, 0.15) is 17.2 Å². The van der Waals surface area contributed by atoms with E-state index in [-0.39, 0.29) is 6.04 Å². The van der Waals surface area contributed by atoms with Crippen molar-refractivity contribution in [1.29, 1.82) is 0 Å². The Hall–Kier alpha value is 0.320. The molecule has 1 nitrogen and oxygen atoms in total. The number of rotatable bonds is 3. The van der Waals surface area contributed by atoms with Crippen LogP contribution in [0.15, 0.2) is 42.4 Å². The molecule has 5 heteroatoms. The Balaban J connectivity index is 2.47. The zero-order valence-corrected chi connectivity index (χ0v) is 14.6. The van der Waals surface area contributed by atoms with E-state index in [1.54, 1.807) is 11.3 Å². The summed E-state index contributed by atoms with van der Waals surface area (Å²) in [5.41, 5.74) is 2.48. The predicted molar refractivity (Wildman–Crippen MR) is 84.8 cm³/mol. The van der Waals surface area contributed by atoms with Gasteiger partial charge in [-0.2, -0.15) is 0 Å². The summed E-state index contributed by atoms with van der Waals surface area (Å²) in [5, 5.41) is 3.36. The SMILES string of the molecule is CNC(c1ccccc1Br)c1cc(Br)sc1Br. The second-order valence-electron chi connectivity index (χ2n) is 3.52. The maximum atomic E-state index is 3.61. The quantitative estimate of drug-likeness (QED) is 0.680. The van der Waals surface area contributed by atoms with Crippen LogP contribution in [0.4, 0.5) is 0 Å². The molecule has 0 aliphatic heterocycles. The smallest absolute Gasteiger partial charge is 0.0761 e. The fraction of sp³-hybridized carbons (Fsp3) is 0.167. The molecule has 0 aliphatic carbocycles. The van der Waals surface area contributed by atoms with Crippen molar-refractivity contribution in [2.75, 3.05) is 7.05 Å². The Bertz CT molecular complexity index is 524. The van der Waals surface area contributed by atoms with Gasteiger partial charge in [-0.05, 0) is 62.2 Å². The zero-order valence-electron chi connectivity index (χ0n) is 9.01. The highest BCUT2D eigenvalue weighted by Gasteiger charge is 2.19. The van der Waals surface area contributed by atoms with Crippen LogP contribution < -0.4 is 5.32 Å². The van der Waals surface area contributed by atoms with Gasteiger partial charge in [0.2, 0.25) is 0 Å². The van der Waals surface area contributed by atoms with Gasteiger partial charge in [0.05, 0.1) is 13.6 Å². The highest BCUT2D eigenvalue weighted by molar-refractivity contribution is 9.12. The average Bonchev–Trinajstić information content (AvgIpc) is 2.62. The summed E-state index contributed by atoms with van der Waals surface area (Å²) >= 11 is 12.4. The summed E-state index contributed by atoms with van der Waals surface area (Å²) in [6.07, 6.45) is 0. The first-order chi connectivity index (χ1) is 8.13. The maximum absolute atomic E-state index is 3.61. The predicted octanol–water partition coefficient (Wildman–Crippen LogP) is 5.34. The van der Waals surface area contributed by atoms with Crippen LogP contribution in [0, 0.1) is 0 Å². The van der Waals surface area contributed by atoms with Crippen LogP contribution in [0.3, 0.4) is 0 Å². The highest BCUT2D eigenvalue weighted by Crippen LogP contribution is 2.39. The summed E-state index contributed by atoms with van der Waals surface area (Å²) < 4.78 is 3.40. The second-order valence-corrected chi connectivity index (χ2v) is 8.13. The normalized spacial score (nSPS) is 12.7. The largest absolute Gasteiger partial charge is 0.309 e. The van der Waals surface area contributed by atoms with Crippen molar-refractivity contribution in [3.63, 3.8) is 0 Å². The van der Waals surface area contributed by atoms with Gasteiger partial charge in [-0.25, -0.2) is 0 Å². The van der Waals surface area contributed by atoms with E-state index < -0.39 is 0 Å². The van der Waals surface area contributed by atoms with E-state index >= 15 is 0 Å². The summed E-state index contributed by atoms with van der Waals surface area (Å²) in [4.78, 5) is 0. The van der Waals surface area contributed by atoms with Gasteiger partial charge in [-0.3, -0.25) is 0 Å². The van der Waals surface area contributed by atoms with Crippen LogP contribution in [-0.4, -0.2) is 7.05 Å². The Kier molecular flexibility index (Phi) is 4.83. The summed E-state index contributed by atoms with van der Waals surface area (Å²) in [6.45, 7) is 0. The van der Waals surface area contributed by atoms with Crippen LogP contribution in [0.5, 0.6) is 0 Å². The molecule has 90 valence electrons. The number of benzene rings is 1. The summed E-state index contributed by atoms with van der Waals surface area (Å²) in [6, 6.07) is 10.6. The topological polar surface area (TPSA) is 12.0 Å². The molecular weight excluding hydrogens is 430 g/mol. The monoisotopic (exact) mass is 437 g/mol. The van der Waals surface area contributed by atoms with Crippen LogP contribution in [0.2, 0.25) is 0 Å². The van der Waals surface area contributed by atoms with Crippen LogP contribution >= 0.6 is 59.1 Å². The lowest BCUT2D eigenvalue weighted by Gasteiger charge is -2.17. The molecule has 17 heavy (non-hydrogen) atoms. The van der Waals surface area contributed by atoms with Crippen molar-refractivity contribution in [3.05, 3.63) is 53.5 Å². The fourth-order valence-electron chi connectivity index (χ4n) is 1.74. The third kappa shape index (κ3) is 3.01. The Morgan fingerprint density at radius 2 is 1.82 bits per heavy atom. The molecule has 0 spiro atoms. The summed E-state index contributed by atoms with van der Waals surface area (Å²) in [5.74, 6) is 0. The molecule has 1 heterocycles. The third-order valence-electron chi connectivity index (χ3n) is 2.50. The van der Waals surface area contributed by atoms with Gasteiger partial charge in [0.15, 0.2) is 0 Å². The molecule has 0 saturated heterocycles. The van der Waals surface area contributed by atoms with E-state index in [2.05, 4.69) is 77.4 Å². The van der Waals surface area contributed by atoms with Crippen molar-refractivity contribution < 1.29 is 0 Å². The minimum absolute atomic E-state index is 0.183. The number of hydrogen-bond donors (Lipinski definition) is 1. The Morgan fingerprint density at radius 1 is 1.12 bits per heavy atom. The molecule has 0 aliphatic rings. The molecule has 0 bridgehead atoms. The minimum atomic E-state index is 0.183.